The second kappa shape index (κ2) is 5.37. The van der Waals surface area contributed by atoms with Crippen LogP contribution in [0.4, 0.5) is 5.69 Å². The van der Waals surface area contributed by atoms with Crippen molar-refractivity contribution >= 4 is 58.7 Å². The van der Waals surface area contributed by atoms with E-state index in [0.29, 0.717) is 31.8 Å². The number of hydrogen-bond acceptors (Lipinski definition) is 6. The fraction of sp³-hybridized carbons (Fsp3) is 0. The Bertz CT molecular complexity index is 1710. The van der Waals surface area contributed by atoms with Crippen molar-refractivity contribution in [1.29, 1.82) is 10.5 Å². The minimum absolute atomic E-state index is 0.128. The third kappa shape index (κ3) is 1.87. The van der Waals surface area contributed by atoms with Crippen molar-refractivity contribution < 1.29 is 4.42 Å². The third-order valence-electron chi connectivity index (χ3n) is 4.79. The van der Waals surface area contributed by atoms with E-state index < -0.39 is 11.3 Å². The molecule has 0 saturated heterocycles. The predicted octanol–water partition coefficient (Wildman–Crippen LogP) is 4.41. The average Bonchev–Trinajstić information content (AvgIpc) is 2.72. The largest absolute Gasteiger partial charge is 0.386 e. The van der Waals surface area contributed by atoms with E-state index in [1.54, 1.807) is 18.2 Å². The summed E-state index contributed by atoms with van der Waals surface area (Å²) < 4.78 is 6.18. The summed E-state index contributed by atoms with van der Waals surface area (Å²) in [6.07, 6.45) is 0. The maximum absolute atomic E-state index is 12.3. The van der Waals surface area contributed by atoms with Crippen LogP contribution >= 0.6 is 11.3 Å². The van der Waals surface area contributed by atoms with Gasteiger partial charge in [-0.3, -0.25) is 0 Å². The van der Waals surface area contributed by atoms with E-state index in [4.69, 9.17) is 11.0 Å². The first-order chi connectivity index (χ1) is 13.6. The van der Waals surface area contributed by atoms with Gasteiger partial charge in [0.1, 0.15) is 0 Å². The quantitative estimate of drug-likeness (QED) is 0.225. The fourth-order valence-electron chi connectivity index (χ4n) is 3.66. The summed E-state index contributed by atoms with van der Waals surface area (Å²) in [5, 5.41) is 21.4. The smallest absolute Gasteiger partial charge is 0.346 e. The molecule has 128 valence electrons. The van der Waals surface area contributed by atoms with Crippen LogP contribution in [0.2, 0.25) is 0 Å². The normalized spacial score (nSPS) is 11.0. The van der Waals surface area contributed by atoms with Crippen molar-refractivity contribution in [3.05, 3.63) is 73.7 Å². The molecule has 0 unspecified atom stereocenters. The highest BCUT2D eigenvalue weighted by molar-refractivity contribution is 7.25. The maximum Gasteiger partial charge on any atom is 0.346 e. The van der Waals surface area contributed by atoms with Crippen molar-refractivity contribution in [2.24, 2.45) is 0 Å². The van der Waals surface area contributed by atoms with E-state index in [-0.39, 0.29) is 22.0 Å². The van der Waals surface area contributed by atoms with Gasteiger partial charge in [-0.15, -0.1) is 11.3 Å². The fourth-order valence-corrected chi connectivity index (χ4v) is 4.80. The van der Waals surface area contributed by atoms with Gasteiger partial charge in [0.05, 0.1) is 40.6 Å². The van der Waals surface area contributed by atoms with E-state index >= 15 is 0 Å². The van der Waals surface area contributed by atoms with Gasteiger partial charge >= 0.3 is 11.3 Å². The lowest BCUT2D eigenvalue weighted by Crippen LogP contribution is -2.12. The van der Waals surface area contributed by atoms with Crippen LogP contribution in [0.15, 0.2) is 44.3 Å². The molecule has 0 N–H and O–H groups in total. The SMILES string of the molecule is [C-]#[N+]c1cc2c(=O)oc(=O)c3cc(C#N)c4c5cc(C#N)ccc5sc1c4c23. The van der Waals surface area contributed by atoms with Gasteiger partial charge in [0.2, 0.25) is 5.69 Å². The number of fused-ring (bicyclic) bond motifs is 2. The second-order valence-electron chi connectivity index (χ2n) is 6.19. The summed E-state index contributed by atoms with van der Waals surface area (Å²) >= 11 is 1.32. The summed E-state index contributed by atoms with van der Waals surface area (Å²) in [6, 6.07) is 12.2. The molecular weight excluding hydrogens is 374 g/mol. The van der Waals surface area contributed by atoms with Gasteiger partial charge in [-0.25, -0.2) is 14.4 Å². The highest BCUT2D eigenvalue weighted by atomic mass is 32.1. The minimum Gasteiger partial charge on any atom is -0.386 e. The second-order valence-corrected chi connectivity index (χ2v) is 7.25. The zero-order valence-corrected chi connectivity index (χ0v) is 14.7. The summed E-state index contributed by atoms with van der Waals surface area (Å²) in [7, 11) is 0. The Morgan fingerprint density at radius 3 is 2.36 bits per heavy atom. The molecule has 2 aromatic heterocycles. The summed E-state index contributed by atoms with van der Waals surface area (Å²) in [5.74, 6) is 0. The van der Waals surface area contributed by atoms with Crippen molar-refractivity contribution in [3.63, 3.8) is 0 Å². The molecule has 6 nitrogen and oxygen atoms in total. The van der Waals surface area contributed by atoms with E-state index in [1.165, 1.54) is 23.5 Å². The number of nitrogens with zero attached hydrogens (tertiary/aromatic N) is 3. The van der Waals surface area contributed by atoms with Crippen molar-refractivity contribution in [2.75, 3.05) is 0 Å². The molecule has 7 heteroatoms. The lowest BCUT2D eigenvalue weighted by Gasteiger charge is -2.14. The highest BCUT2D eigenvalue weighted by Crippen LogP contribution is 2.45. The Hall–Kier alpha value is -4.25. The number of hydrogen-bond donors (Lipinski definition) is 0. The number of benzene rings is 3. The third-order valence-corrected chi connectivity index (χ3v) is 5.99. The van der Waals surface area contributed by atoms with Crippen LogP contribution in [-0.4, -0.2) is 0 Å². The Balaban J connectivity index is 2.30. The Morgan fingerprint density at radius 1 is 0.929 bits per heavy atom. The summed E-state index contributed by atoms with van der Waals surface area (Å²) in [5.41, 5.74) is -0.737. The summed E-state index contributed by atoms with van der Waals surface area (Å²) in [6.45, 7) is 7.54. The van der Waals surface area contributed by atoms with Crippen LogP contribution in [0.25, 0.3) is 46.6 Å². The molecule has 0 amide bonds. The molecule has 0 atom stereocenters. The molecule has 0 spiro atoms. The minimum atomic E-state index is -0.816. The van der Waals surface area contributed by atoms with Gasteiger partial charge in [-0.1, -0.05) is 0 Å². The molecule has 0 aliphatic carbocycles. The molecule has 3 aromatic carbocycles. The summed E-state index contributed by atoms with van der Waals surface area (Å²) in [4.78, 5) is 28.2. The zero-order valence-electron chi connectivity index (χ0n) is 13.9. The Morgan fingerprint density at radius 2 is 1.68 bits per heavy atom. The van der Waals surface area contributed by atoms with Crippen LogP contribution in [0.3, 0.4) is 0 Å². The highest BCUT2D eigenvalue weighted by Gasteiger charge is 2.22. The van der Waals surface area contributed by atoms with Gasteiger partial charge in [0.15, 0.2) is 0 Å². The number of nitriles is 2. The van der Waals surface area contributed by atoms with Crippen molar-refractivity contribution in [1.82, 2.24) is 0 Å². The Kier molecular flexibility index (Phi) is 3.06. The maximum atomic E-state index is 12.3. The van der Waals surface area contributed by atoms with E-state index in [9.17, 15) is 20.1 Å². The van der Waals surface area contributed by atoms with Crippen LogP contribution in [0, 0.1) is 29.2 Å². The van der Waals surface area contributed by atoms with Gasteiger partial charge < -0.3 is 4.42 Å². The first-order valence-electron chi connectivity index (χ1n) is 8.01. The molecule has 0 bridgehead atoms. The first kappa shape index (κ1) is 16.0. The van der Waals surface area contributed by atoms with Crippen LogP contribution < -0.4 is 11.3 Å². The molecule has 0 saturated carbocycles. The predicted molar refractivity (Wildman–Crippen MR) is 106 cm³/mol. The van der Waals surface area contributed by atoms with Crippen LogP contribution in [0.5, 0.6) is 0 Å². The molecule has 0 fully saturated rings. The molecular formula is C21H5N3O3S. The standard InChI is InChI=1S/C21H5N3O3S/c1-24-14-6-13-17-12(20(25)27-21(13)26)5-10(8-23)16-11-4-9(7-22)2-3-15(11)28-19(14)18(16)17/h2-6H. The van der Waals surface area contributed by atoms with Crippen LogP contribution in [0.1, 0.15) is 11.1 Å². The molecule has 0 aliphatic rings. The topological polar surface area (TPSA) is 99.2 Å². The first-order valence-corrected chi connectivity index (χ1v) is 8.83. The van der Waals surface area contributed by atoms with Crippen molar-refractivity contribution in [3.8, 4) is 12.1 Å². The Labute approximate surface area is 159 Å². The van der Waals surface area contributed by atoms with Crippen LogP contribution in [-0.2, 0) is 0 Å². The van der Waals surface area contributed by atoms with Gasteiger partial charge in [0.25, 0.3) is 0 Å². The molecule has 0 aliphatic heterocycles. The molecule has 5 aromatic rings. The monoisotopic (exact) mass is 379 g/mol. The van der Waals surface area contributed by atoms with Gasteiger partial charge in [0, 0.05) is 25.6 Å². The van der Waals surface area contributed by atoms with E-state index in [1.807, 2.05) is 0 Å². The molecule has 5 rings (SSSR count). The molecule has 0 radical (unpaired) electrons. The van der Waals surface area contributed by atoms with Crippen molar-refractivity contribution in [2.45, 2.75) is 0 Å². The molecule has 2 heterocycles. The van der Waals surface area contributed by atoms with E-state index in [0.717, 1.165) is 4.70 Å². The van der Waals surface area contributed by atoms with Gasteiger partial charge in [-0.05, 0) is 35.7 Å². The van der Waals surface area contributed by atoms with E-state index in [2.05, 4.69) is 17.0 Å². The average molecular weight is 379 g/mol. The molecule has 28 heavy (non-hydrogen) atoms. The number of rotatable bonds is 0. The lowest BCUT2D eigenvalue weighted by molar-refractivity contribution is 0.489. The van der Waals surface area contributed by atoms with Gasteiger partial charge in [-0.2, -0.15) is 10.5 Å². The zero-order chi connectivity index (χ0) is 19.6. The lowest BCUT2D eigenvalue weighted by atomic mass is 9.93.